The molecular formula is C17H21FN2O4S3. The molecule has 0 aliphatic carbocycles. The maximum atomic E-state index is 13.3. The average Bonchev–Trinajstić information content (AvgIpc) is 3.17. The topological polar surface area (TPSA) is 83.6 Å². The van der Waals surface area contributed by atoms with Gasteiger partial charge in [0, 0.05) is 19.1 Å². The van der Waals surface area contributed by atoms with E-state index in [0.29, 0.717) is 23.6 Å². The minimum Gasteiger partial charge on any atom is -0.211 e. The first-order chi connectivity index (χ1) is 12.8. The van der Waals surface area contributed by atoms with E-state index < -0.39 is 25.9 Å². The third kappa shape index (κ3) is 4.75. The summed E-state index contributed by atoms with van der Waals surface area (Å²) in [6.45, 7) is 0.515. The van der Waals surface area contributed by atoms with Crippen molar-refractivity contribution in [3.8, 4) is 0 Å². The SMILES string of the molecule is O=S(=O)(NCCC1CCCCN1S(=O)(=O)c1cccs1)c1cccc(F)c1. The minimum atomic E-state index is -3.84. The Morgan fingerprint density at radius 3 is 2.67 bits per heavy atom. The molecule has 0 saturated carbocycles. The van der Waals surface area contributed by atoms with E-state index >= 15 is 0 Å². The minimum absolute atomic E-state index is 0.0833. The number of piperidine rings is 1. The molecule has 0 radical (unpaired) electrons. The van der Waals surface area contributed by atoms with Gasteiger partial charge >= 0.3 is 0 Å². The summed E-state index contributed by atoms with van der Waals surface area (Å²) in [4.78, 5) is -0.144. The number of benzene rings is 1. The summed E-state index contributed by atoms with van der Waals surface area (Å²) >= 11 is 1.18. The highest BCUT2D eigenvalue weighted by Gasteiger charge is 2.34. The molecule has 1 saturated heterocycles. The molecule has 1 atom stereocenters. The lowest BCUT2D eigenvalue weighted by molar-refractivity contribution is 0.242. The molecule has 0 amide bonds. The van der Waals surface area contributed by atoms with E-state index in [1.165, 1.54) is 33.8 Å². The summed E-state index contributed by atoms with van der Waals surface area (Å²) in [6.07, 6.45) is 2.74. The zero-order valence-corrected chi connectivity index (χ0v) is 17.0. The Bertz CT molecular complexity index is 975. The van der Waals surface area contributed by atoms with Crippen LogP contribution in [0.4, 0.5) is 4.39 Å². The molecule has 2 heterocycles. The maximum absolute atomic E-state index is 13.3. The van der Waals surface area contributed by atoms with Gasteiger partial charge in [-0.15, -0.1) is 11.3 Å². The van der Waals surface area contributed by atoms with Crippen LogP contribution < -0.4 is 4.72 Å². The molecule has 27 heavy (non-hydrogen) atoms. The first-order valence-electron chi connectivity index (χ1n) is 8.61. The van der Waals surface area contributed by atoms with Gasteiger partial charge in [-0.05, 0) is 48.9 Å². The molecule has 148 valence electrons. The molecular weight excluding hydrogens is 411 g/mol. The second-order valence-corrected chi connectivity index (χ2v) is 11.2. The van der Waals surface area contributed by atoms with E-state index in [1.807, 2.05) is 0 Å². The second kappa shape index (κ2) is 8.36. The van der Waals surface area contributed by atoms with E-state index in [4.69, 9.17) is 0 Å². The summed E-state index contributed by atoms with van der Waals surface area (Å²) in [5.41, 5.74) is 0. The summed E-state index contributed by atoms with van der Waals surface area (Å²) in [5, 5.41) is 1.72. The van der Waals surface area contributed by atoms with Crippen LogP contribution in [-0.4, -0.2) is 40.3 Å². The largest absolute Gasteiger partial charge is 0.252 e. The van der Waals surface area contributed by atoms with Gasteiger partial charge in [0.15, 0.2) is 0 Å². The predicted octanol–water partition coefficient (Wildman–Crippen LogP) is 2.80. The molecule has 2 aromatic rings. The van der Waals surface area contributed by atoms with E-state index in [1.54, 1.807) is 17.5 Å². The fourth-order valence-electron chi connectivity index (χ4n) is 3.18. The first-order valence-corrected chi connectivity index (χ1v) is 12.4. The zero-order valence-electron chi connectivity index (χ0n) is 14.5. The molecule has 0 bridgehead atoms. The summed E-state index contributed by atoms with van der Waals surface area (Å²) in [5.74, 6) is -0.627. The van der Waals surface area contributed by atoms with Crippen molar-refractivity contribution in [2.45, 2.75) is 40.8 Å². The molecule has 3 rings (SSSR count). The van der Waals surface area contributed by atoms with Gasteiger partial charge in [0.1, 0.15) is 10.0 Å². The van der Waals surface area contributed by atoms with Gasteiger partial charge in [-0.25, -0.2) is 25.9 Å². The summed E-state index contributed by atoms with van der Waals surface area (Å²) < 4.78 is 67.7. The third-order valence-electron chi connectivity index (χ3n) is 4.51. The van der Waals surface area contributed by atoms with Gasteiger partial charge < -0.3 is 0 Å². The number of thiophene rings is 1. The van der Waals surface area contributed by atoms with Crippen LogP contribution in [0.2, 0.25) is 0 Å². The van der Waals surface area contributed by atoms with Gasteiger partial charge in [-0.2, -0.15) is 4.31 Å². The fraction of sp³-hybridized carbons (Fsp3) is 0.412. The van der Waals surface area contributed by atoms with Crippen LogP contribution >= 0.6 is 11.3 Å². The van der Waals surface area contributed by atoms with Crippen molar-refractivity contribution in [3.05, 3.63) is 47.6 Å². The Balaban J connectivity index is 1.67. The molecule has 10 heteroatoms. The molecule has 0 spiro atoms. The average molecular weight is 433 g/mol. The van der Waals surface area contributed by atoms with Gasteiger partial charge in [-0.3, -0.25) is 0 Å². The highest BCUT2D eigenvalue weighted by atomic mass is 32.2. The van der Waals surface area contributed by atoms with E-state index in [9.17, 15) is 21.2 Å². The van der Waals surface area contributed by atoms with Gasteiger partial charge in [0.25, 0.3) is 10.0 Å². The van der Waals surface area contributed by atoms with Crippen LogP contribution in [0.5, 0.6) is 0 Å². The van der Waals surface area contributed by atoms with Crippen molar-refractivity contribution < 1.29 is 21.2 Å². The number of sulfonamides is 2. The van der Waals surface area contributed by atoms with Crippen LogP contribution in [-0.2, 0) is 20.0 Å². The third-order valence-corrected chi connectivity index (χ3v) is 9.29. The van der Waals surface area contributed by atoms with E-state index in [2.05, 4.69) is 4.72 Å². The van der Waals surface area contributed by atoms with Crippen molar-refractivity contribution in [1.29, 1.82) is 0 Å². The van der Waals surface area contributed by atoms with Crippen LogP contribution in [0.1, 0.15) is 25.7 Å². The van der Waals surface area contributed by atoms with Crippen LogP contribution in [0.3, 0.4) is 0 Å². The van der Waals surface area contributed by atoms with Crippen LogP contribution in [0.15, 0.2) is 50.9 Å². The molecule has 6 nitrogen and oxygen atoms in total. The van der Waals surface area contributed by atoms with E-state index in [-0.39, 0.29) is 17.5 Å². The number of nitrogens with zero attached hydrogens (tertiary/aromatic N) is 1. The van der Waals surface area contributed by atoms with Gasteiger partial charge in [-0.1, -0.05) is 18.6 Å². The number of hydrogen-bond donors (Lipinski definition) is 1. The van der Waals surface area contributed by atoms with Crippen LogP contribution in [0.25, 0.3) is 0 Å². The van der Waals surface area contributed by atoms with Crippen molar-refractivity contribution >= 4 is 31.4 Å². The first kappa shape index (κ1) is 20.4. The molecule has 1 aliphatic heterocycles. The zero-order chi connectivity index (χ0) is 19.5. The number of halogens is 1. The predicted molar refractivity (Wildman–Crippen MR) is 102 cm³/mol. The fourth-order valence-corrected chi connectivity index (χ4v) is 7.10. The highest BCUT2D eigenvalue weighted by molar-refractivity contribution is 7.91. The Hall–Kier alpha value is -1.33. The molecule has 1 aliphatic rings. The Labute approximate surface area is 163 Å². The standard InChI is InChI=1S/C17H21FN2O4S3/c18-14-5-3-7-16(13-14)26(21,22)19-10-9-15-6-1-2-11-20(15)27(23,24)17-8-4-12-25-17/h3-5,7-8,12-13,15,19H,1-2,6,9-11H2. The number of nitrogens with one attached hydrogen (secondary N) is 1. The molecule has 1 aromatic heterocycles. The number of rotatable bonds is 7. The Morgan fingerprint density at radius 1 is 1.15 bits per heavy atom. The normalized spacial score (nSPS) is 19.2. The molecule has 1 fully saturated rings. The van der Waals surface area contributed by atoms with E-state index in [0.717, 1.165) is 18.9 Å². The second-order valence-electron chi connectivity index (χ2n) is 6.34. The highest BCUT2D eigenvalue weighted by Crippen LogP contribution is 2.29. The van der Waals surface area contributed by atoms with Crippen molar-refractivity contribution in [2.75, 3.05) is 13.1 Å². The monoisotopic (exact) mass is 432 g/mol. The lowest BCUT2D eigenvalue weighted by atomic mass is 10.0. The molecule has 1 unspecified atom stereocenters. The Morgan fingerprint density at radius 2 is 1.96 bits per heavy atom. The number of hydrogen-bond acceptors (Lipinski definition) is 5. The van der Waals surface area contributed by atoms with Crippen molar-refractivity contribution in [3.63, 3.8) is 0 Å². The lowest BCUT2D eigenvalue weighted by Crippen LogP contribution is -2.44. The Kier molecular flexibility index (Phi) is 6.32. The van der Waals surface area contributed by atoms with Crippen molar-refractivity contribution in [2.24, 2.45) is 0 Å². The smallest absolute Gasteiger partial charge is 0.211 e. The molecule has 1 aromatic carbocycles. The van der Waals surface area contributed by atoms with Crippen LogP contribution in [0, 0.1) is 5.82 Å². The maximum Gasteiger partial charge on any atom is 0.252 e. The van der Waals surface area contributed by atoms with Crippen molar-refractivity contribution in [1.82, 2.24) is 9.03 Å². The molecule has 1 N–H and O–H groups in total. The lowest BCUT2D eigenvalue weighted by Gasteiger charge is -2.34. The quantitative estimate of drug-likeness (QED) is 0.729. The van der Waals surface area contributed by atoms with Gasteiger partial charge in [0.2, 0.25) is 10.0 Å². The summed E-state index contributed by atoms with van der Waals surface area (Å²) in [7, 11) is -7.40. The van der Waals surface area contributed by atoms with Gasteiger partial charge in [0.05, 0.1) is 4.90 Å². The summed E-state index contributed by atoms with van der Waals surface area (Å²) in [6, 6.07) is 7.80.